The summed E-state index contributed by atoms with van der Waals surface area (Å²) in [5.74, 6) is 0. The number of nitrogens with zero attached hydrogens (tertiary/aromatic N) is 1. The molecule has 0 aromatic rings. The van der Waals surface area contributed by atoms with Gasteiger partial charge in [-0.2, -0.15) is 0 Å². The van der Waals surface area contributed by atoms with Crippen LogP contribution in [0.5, 0.6) is 0 Å². The van der Waals surface area contributed by atoms with E-state index >= 15 is 0 Å². The van der Waals surface area contributed by atoms with Crippen LogP contribution in [0.25, 0.3) is 0 Å². The van der Waals surface area contributed by atoms with E-state index in [0.717, 1.165) is 0 Å². The maximum atomic E-state index is 2.48. The van der Waals surface area contributed by atoms with Gasteiger partial charge in [0.15, 0.2) is 0 Å². The molecule has 0 aromatic carbocycles. The van der Waals surface area contributed by atoms with Crippen LogP contribution >= 0.6 is 0 Å². The van der Waals surface area contributed by atoms with Crippen molar-refractivity contribution in [2.75, 3.05) is 26.2 Å². The number of quaternary nitrogens is 1. The second-order valence-corrected chi connectivity index (χ2v) is 16.2. The molecule has 0 aliphatic rings. The van der Waals surface area contributed by atoms with Gasteiger partial charge in [0.25, 0.3) is 0 Å². The molecule has 0 spiro atoms. The van der Waals surface area contributed by atoms with Crippen molar-refractivity contribution in [3.05, 3.63) is 12.2 Å². The molecule has 0 rings (SSSR count). The predicted molar refractivity (Wildman–Crippen MR) is 222 cm³/mol. The van der Waals surface area contributed by atoms with E-state index in [9.17, 15) is 0 Å². The lowest BCUT2D eigenvalue weighted by atomic mass is 10.0. The van der Waals surface area contributed by atoms with Gasteiger partial charge in [0, 0.05) is 0 Å². The summed E-state index contributed by atoms with van der Waals surface area (Å²) < 4.78 is 1.46. The molecule has 1 nitrogen and oxygen atoms in total. The Bertz CT molecular complexity index is 596. The van der Waals surface area contributed by atoms with E-state index in [0.29, 0.717) is 0 Å². The van der Waals surface area contributed by atoms with Gasteiger partial charge in [-0.3, -0.25) is 0 Å². The quantitative estimate of drug-likeness (QED) is 0.0343. The van der Waals surface area contributed by atoms with Crippen molar-refractivity contribution in [2.45, 2.75) is 265 Å². The van der Waals surface area contributed by atoms with Gasteiger partial charge in [-0.05, 0) is 70.6 Å². The highest BCUT2D eigenvalue weighted by molar-refractivity contribution is 4.81. The van der Waals surface area contributed by atoms with E-state index in [-0.39, 0.29) is 0 Å². The molecule has 1 heteroatoms. The highest BCUT2D eigenvalue weighted by Gasteiger charge is 2.25. The highest BCUT2D eigenvalue weighted by atomic mass is 15.3. The predicted octanol–water partition coefficient (Wildman–Crippen LogP) is 16.9. The van der Waals surface area contributed by atoms with Crippen LogP contribution in [-0.2, 0) is 0 Å². The van der Waals surface area contributed by atoms with Crippen molar-refractivity contribution >= 4 is 0 Å². The number of hydrogen-bond acceptors (Lipinski definition) is 0. The fourth-order valence-corrected chi connectivity index (χ4v) is 7.91. The van der Waals surface area contributed by atoms with Crippen molar-refractivity contribution in [1.29, 1.82) is 0 Å². The zero-order chi connectivity index (χ0) is 34.9. The fourth-order valence-electron chi connectivity index (χ4n) is 7.91. The summed E-state index contributed by atoms with van der Waals surface area (Å²) in [4.78, 5) is 0. The first-order chi connectivity index (χ1) is 23.7. The molecule has 0 radical (unpaired) electrons. The summed E-state index contributed by atoms with van der Waals surface area (Å²) in [5, 5.41) is 0. The first-order valence-electron chi connectivity index (χ1n) is 23.2. The van der Waals surface area contributed by atoms with Crippen molar-refractivity contribution in [1.82, 2.24) is 0 Å². The molecule has 0 amide bonds. The Kier molecular flexibility index (Phi) is 40.9. The summed E-state index contributed by atoms with van der Waals surface area (Å²) in [5.41, 5.74) is 0. The largest absolute Gasteiger partial charge is 0.324 e. The van der Waals surface area contributed by atoms with Crippen molar-refractivity contribution in [3.8, 4) is 0 Å². The summed E-state index contributed by atoms with van der Waals surface area (Å²) in [6.45, 7) is 15.2. The van der Waals surface area contributed by atoms with Gasteiger partial charge in [0.2, 0.25) is 0 Å². The molecule has 0 saturated carbocycles. The lowest BCUT2D eigenvalue weighted by Crippen LogP contribution is -2.50. The van der Waals surface area contributed by atoms with Crippen LogP contribution < -0.4 is 0 Å². The maximum absolute atomic E-state index is 2.48. The third-order valence-electron chi connectivity index (χ3n) is 11.4. The lowest BCUT2D eigenvalue weighted by molar-refractivity contribution is -0.929. The average molecular weight is 675 g/mol. The molecule has 48 heavy (non-hydrogen) atoms. The maximum Gasteiger partial charge on any atom is 0.0786 e. The zero-order valence-corrected chi connectivity index (χ0v) is 34.6. The van der Waals surface area contributed by atoms with Crippen molar-refractivity contribution < 1.29 is 4.48 Å². The Labute approximate surface area is 307 Å². The minimum atomic E-state index is 1.31. The summed E-state index contributed by atoms with van der Waals surface area (Å²) in [7, 11) is 0. The molecule has 0 aromatic heterocycles. The first-order valence-corrected chi connectivity index (χ1v) is 23.2. The number of unbranched alkanes of at least 4 members (excludes halogenated alkanes) is 32. The van der Waals surface area contributed by atoms with Crippen LogP contribution in [0.3, 0.4) is 0 Å². The van der Waals surface area contributed by atoms with Gasteiger partial charge in [-0.25, -0.2) is 0 Å². The molecule has 0 heterocycles. The van der Waals surface area contributed by atoms with Crippen LogP contribution in [-0.4, -0.2) is 30.7 Å². The number of rotatable bonds is 42. The van der Waals surface area contributed by atoms with Crippen LogP contribution in [0, 0.1) is 0 Å². The lowest BCUT2D eigenvalue weighted by Gasteiger charge is -2.39. The number of hydrogen-bond donors (Lipinski definition) is 0. The minimum absolute atomic E-state index is 1.31. The first kappa shape index (κ1) is 47.7. The summed E-state index contributed by atoms with van der Waals surface area (Å²) in [6, 6.07) is 0. The van der Waals surface area contributed by atoms with Crippen LogP contribution in [0.4, 0.5) is 0 Å². The molecule has 0 bridgehead atoms. The summed E-state index contributed by atoms with van der Waals surface area (Å²) >= 11 is 0. The molecule has 0 N–H and O–H groups in total. The minimum Gasteiger partial charge on any atom is -0.324 e. The Hall–Kier alpha value is -0.300. The molecule has 288 valence electrons. The highest BCUT2D eigenvalue weighted by Crippen LogP contribution is 2.21. The second-order valence-electron chi connectivity index (χ2n) is 16.2. The smallest absolute Gasteiger partial charge is 0.0786 e. The monoisotopic (exact) mass is 675 g/mol. The van der Waals surface area contributed by atoms with E-state index in [1.807, 2.05) is 0 Å². The Morgan fingerprint density at radius 2 is 0.438 bits per heavy atom. The van der Waals surface area contributed by atoms with Gasteiger partial charge in [0.05, 0.1) is 26.2 Å². The molecule has 0 aliphatic carbocycles. The van der Waals surface area contributed by atoms with E-state index in [1.54, 1.807) is 0 Å². The Morgan fingerprint density at radius 1 is 0.229 bits per heavy atom. The second kappa shape index (κ2) is 41.1. The molecular formula is C47H96N+. The van der Waals surface area contributed by atoms with Gasteiger partial charge >= 0.3 is 0 Å². The Morgan fingerprint density at radius 3 is 0.708 bits per heavy atom. The molecule has 0 aliphatic heterocycles. The van der Waals surface area contributed by atoms with E-state index in [2.05, 4.69) is 39.8 Å². The van der Waals surface area contributed by atoms with Crippen LogP contribution in [0.1, 0.15) is 265 Å². The molecular weight excluding hydrogens is 579 g/mol. The van der Waals surface area contributed by atoms with Gasteiger partial charge in [0.1, 0.15) is 0 Å². The van der Waals surface area contributed by atoms with Gasteiger partial charge in [-0.15, -0.1) is 0 Å². The fraction of sp³-hybridized carbons (Fsp3) is 0.957. The van der Waals surface area contributed by atoms with E-state index in [1.165, 1.54) is 268 Å². The number of allylic oxidation sites excluding steroid dienone is 2. The van der Waals surface area contributed by atoms with Crippen LogP contribution in [0.2, 0.25) is 0 Å². The molecule has 1 atom stereocenters. The topological polar surface area (TPSA) is 0 Å². The van der Waals surface area contributed by atoms with E-state index < -0.39 is 0 Å². The molecule has 0 fully saturated rings. The molecule has 1 unspecified atom stereocenters. The van der Waals surface area contributed by atoms with Gasteiger partial charge in [-0.1, -0.05) is 207 Å². The van der Waals surface area contributed by atoms with Crippen molar-refractivity contribution in [2.24, 2.45) is 0 Å². The zero-order valence-electron chi connectivity index (χ0n) is 34.6. The third-order valence-corrected chi connectivity index (χ3v) is 11.4. The van der Waals surface area contributed by atoms with Crippen molar-refractivity contribution in [3.63, 3.8) is 0 Å². The SMILES string of the molecule is CCCCCCCC/C=C\CCCCCCCC[N+](CCCC)(CCCCCCCCCCC)CCCCCCCCCCCCCC. The van der Waals surface area contributed by atoms with Crippen LogP contribution in [0.15, 0.2) is 12.2 Å². The van der Waals surface area contributed by atoms with Gasteiger partial charge < -0.3 is 4.48 Å². The third kappa shape index (κ3) is 35.5. The molecule has 0 saturated heterocycles. The summed E-state index contributed by atoms with van der Waals surface area (Å²) in [6.07, 6.45) is 58.3. The average Bonchev–Trinajstić information content (AvgIpc) is 3.10. The van der Waals surface area contributed by atoms with E-state index in [4.69, 9.17) is 0 Å². The Balaban J connectivity index is 4.41. The normalized spacial score (nSPS) is 13.2. The standard InChI is InChI=1S/C47H96N/c1-5-9-13-16-19-22-24-26-27-28-29-31-34-37-40-43-47-48(44-12-8-4,45-41-38-35-32-21-18-15-11-7-3)46-42-39-36-33-30-25-23-20-17-14-10-6-2/h26-27H,5-25,28-47H2,1-4H3/q+1/b27-26-.